The Morgan fingerprint density at radius 1 is 0.169 bits per heavy atom. The summed E-state index contributed by atoms with van der Waals surface area (Å²) in [7, 11) is 0. The molecule has 2 aromatic heterocycles. The van der Waals surface area contributed by atoms with Gasteiger partial charge in [-0.2, -0.15) is 0 Å². The summed E-state index contributed by atoms with van der Waals surface area (Å²) in [5.74, 6) is 0. The molecule has 2 unspecified atom stereocenters. The van der Waals surface area contributed by atoms with Crippen molar-refractivity contribution >= 4 is 154 Å². The highest BCUT2D eigenvalue weighted by molar-refractivity contribution is 7.23. The Morgan fingerprint density at radius 3 is 1.13 bits per heavy atom. The maximum Gasteiger partial charge on any atom is 0.0740 e. The van der Waals surface area contributed by atoms with Gasteiger partial charge in [0.1, 0.15) is 0 Å². The standard InChI is InChI=1S/C118H74N4S2/c1-5-35-82(36-6-1)119(86-57-54-75-28-13-14-31-78(75)69-86)89-58-64-96-94-45-19-22-48-102(94)118(106(96)73-89)105-67-61-88(121(84-39-9-3-10-40-84)109-51-26-33-77-30-16-18-44-92(77)109)72-101(105)116-114(118)99-63-56-80(70-112(99)124-116)79-55-62-93-81(68-79)34-27-52-110(93)122(85-41-11-4-12-42-85)90-59-65-97-107(74-90)117(113-98-47-21-24-53-111(98)123-115(97)113)103-49-23-20-46-95(103)100-71-87(60-66-104(100)117)120(83-37-7-2-8-38-83)108-50-25-32-76-29-15-17-43-91(76)108/h1-74H. The normalized spacial score (nSPS) is 14.7. The Kier molecular flexibility index (Phi) is 15.6. The lowest BCUT2D eigenvalue weighted by Gasteiger charge is -2.33. The van der Waals surface area contributed by atoms with Crippen LogP contribution < -0.4 is 19.6 Å². The van der Waals surface area contributed by atoms with E-state index in [0.29, 0.717) is 0 Å². The van der Waals surface area contributed by atoms with Crippen LogP contribution in [0.15, 0.2) is 449 Å². The summed E-state index contributed by atoms with van der Waals surface area (Å²) >= 11 is 3.87. The minimum Gasteiger partial charge on any atom is -0.310 e. The molecule has 6 heteroatoms. The van der Waals surface area contributed by atoms with Crippen LogP contribution in [0.1, 0.15) is 44.5 Å². The SMILES string of the molecule is c1ccc(N(c2ccc3c(c2)C2(c4ccccc4-3)c3ccc(N(c4ccccc4)c4cccc5ccccc45)cc3-c3sc4cc(-c5ccc6c(N(c7ccccc7)c7ccc8c(c7)C7(c9ccccc9-c9cc(N(c%10ccccc%10)c%10cccc%11ccccc%10%11)ccc97)c7c-8sc8ccccc78)cccc6c5)ccc4c32)c2ccc3ccccc3c2)cc1. The van der Waals surface area contributed by atoms with E-state index in [1.807, 2.05) is 22.7 Å². The molecule has 20 aromatic carbocycles. The predicted octanol–water partition coefficient (Wildman–Crippen LogP) is 33.0. The molecule has 578 valence electrons. The van der Waals surface area contributed by atoms with E-state index in [-0.39, 0.29) is 0 Å². The Bertz CT molecular complexity index is 8160. The summed E-state index contributed by atoms with van der Waals surface area (Å²) in [5, 5.41) is 12.1. The van der Waals surface area contributed by atoms with Crippen molar-refractivity contribution in [1.29, 1.82) is 0 Å². The minimum atomic E-state index is -0.696. The summed E-state index contributed by atoms with van der Waals surface area (Å²) in [5.41, 5.74) is 32.3. The van der Waals surface area contributed by atoms with E-state index < -0.39 is 10.8 Å². The van der Waals surface area contributed by atoms with E-state index in [1.165, 1.54) is 146 Å². The van der Waals surface area contributed by atoms with Gasteiger partial charge < -0.3 is 19.6 Å². The third-order valence-corrected chi connectivity index (χ3v) is 29.3. The monoisotopic (exact) mass is 1610 g/mol. The zero-order valence-electron chi connectivity index (χ0n) is 67.3. The van der Waals surface area contributed by atoms with Crippen LogP contribution in [0.4, 0.5) is 68.2 Å². The second kappa shape index (κ2) is 27.5. The average Bonchev–Trinajstić information content (AvgIpc) is 1.49. The molecule has 2 atom stereocenters. The van der Waals surface area contributed by atoms with Gasteiger partial charge in [0.05, 0.1) is 27.9 Å². The number of anilines is 12. The van der Waals surface area contributed by atoms with Crippen molar-refractivity contribution in [3.05, 3.63) is 493 Å². The van der Waals surface area contributed by atoms with Crippen molar-refractivity contribution in [3.63, 3.8) is 0 Å². The highest BCUT2D eigenvalue weighted by Crippen LogP contribution is 2.70. The van der Waals surface area contributed by atoms with Gasteiger partial charge in [-0.05, 0) is 272 Å². The van der Waals surface area contributed by atoms with Gasteiger partial charge in [-0.3, -0.25) is 0 Å². The van der Waals surface area contributed by atoms with Crippen LogP contribution in [0.25, 0.3) is 118 Å². The van der Waals surface area contributed by atoms with E-state index >= 15 is 0 Å². The predicted molar refractivity (Wildman–Crippen MR) is 524 cm³/mol. The lowest BCUT2D eigenvalue weighted by Crippen LogP contribution is -2.26. The molecular weight excluding hydrogens is 1540 g/mol. The maximum absolute atomic E-state index is 2.55. The molecule has 0 fully saturated rings. The fourth-order valence-corrected chi connectivity index (χ4v) is 24.4. The Balaban J connectivity index is 0.634. The number of nitrogens with zero attached hydrogens (tertiary/aromatic N) is 4. The zero-order valence-corrected chi connectivity index (χ0v) is 69.0. The molecule has 2 spiro atoms. The Labute approximate surface area is 726 Å². The smallest absolute Gasteiger partial charge is 0.0740 e. The highest BCUT2D eigenvalue weighted by atomic mass is 32.1. The fourth-order valence-electron chi connectivity index (χ4n) is 21.8. The molecule has 0 radical (unpaired) electrons. The molecule has 4 aliphatic carbocycles. The van der Waals surface area contributed by atoms with E-state index in [9.17, 15) is 0 Å². The first-order valence-electron chi connectivity index (χ1n) is 42.8. The first kappa shape index (κ1) is 70.4. The summed E-state index contributed by atoms with van der Waals surface area (Å²) in [4.78, 5) is 12.5. The van der Waals surface area contributed by atoms with Gasteiger partial charge in [-0.25, -0.2) is 0 Å². The zero-order chi connectivity index (χ0) is 81.3. The van der Waals surface area contributed by atoms with Crippen LogP contribution in [0.3, 0.4) is 0 Å². The topological polar surface area (TPSA) is 13.0 Å². The number of fused-ring (bicyclic) bond motifs is 28. The molecular formula is C118H74N4S2. The third-order valence-electron chi connectivity index (χ3n) is 26.9. The van der Waals surface area contributed by atoms with Crippen molar-refractivity contribution < 1.29 is 0 Å². The van der Waals surface area contributed by atoms with Crippen molar-refractivity contribution in [2.45, 2.75) is 10.8 Å². The molecule has 22 aromatic rings. The average molecular weight is 1610 g/mol. The molecule has 2 heterocycles. The van der Waals surface area contributed by atoms with Crippen molar-refractivity contribution in [1.82, 2.24) is 0 Å². The molecule has 0 N–H and O–H groups in total. The number of para-hydroxylation sites is 4. The van der Waals surface area contributed by atoms with Crippen LogP contribution in [0.2, 0.25) is 0 Å². The molecule has 0 bridgehead atoms. The molecule has 0 aliphatic heterocycles. The van der Waals surface area contributed by atoms with Gasteiger partial charge in [-0.15, -0.1) is 22.7 Å². The molecule has 4 aliphatic rings. The van der Waals surface area contributed by atoms with Gasteiger partial charge in [0, 0.05) is 86.5 Å². The number of benzene rings is 20. The molecule has 4 nitrogen and oxygen atoms in total. The number of hydrogen-bond acceptors (Lipinski definition) is 6. The van der Waals surface area contributed by atoms with E-state index in [4.69, 9.17) is 0 Å². The van der Waals surface area contributed by atoms with Crippen LogP contribution in [-0.2, 0) is 10.8 Å². The molecule has 26 rings (SSSR count). The fraction of sp³-hybridized carbons (Fsp3) is 0.0169. The molecule has 124 heavy (non-hydrogen) atoms. The lowest BCUT2D eigenvalue weighted by molar-refractivity contribution is 0.802. The van der Waals surface area contributed by atoms with Crippen molar-refractivity contribution in [2.75, 3.05) is 19.6 Å². The van der Waals surface area contributed by atoms with Crippen LogP contribution in [0.5, 0.6) is 0 Å². The third kappa shape index (κ3) is 10.3. The molecule has 0 amide bonds. The quantitative estimate of drug-likeness (QED) is 0.114. The second-order valence-electron chi connectivity index (χ2n) is 33.3. The number of thiophene rings is 2. The van der Waals surface area contributed by atoms with Gasteiger partial charge in [0.25, 0.3) is 0 Å². The van der Waals surface area contributed by atoms with Gasteiger partial charge in [0.2, 0.25) is 0 Å². The van der Waals surface area contributed by atoms with Crippen LogP contribution in [-0.4, -0.2) is 0 Å². The summed E-state index contributed by atoms with van der Waals surface area (Å²) in [6.45, 7) is 0. The number of hydrogen-bond donors (Lipinski definition) is 0. The minimum absolute atomic E-state index is 0.644. The maximum atomic E-state index is 2.55. The van der Waals surface area contributed by atoms with E-state index in [0.717, 1.165) is 84.6 Å². The summed E-state index contributed by atoms with van der Waals surface area (Å²) in [6.07, 6.45) is 0. The van der Waals surface area contributed by atoms with Gasteiger partial charge in [0.15, 0.2) is 0 Å². The van der Waals surface area contributed by atoms with Crippen molar-refractivity contribution in [3.8, 4) is 54.3 Å². The van der Waals surface area contributed by atoms with E-state index in [2.05, 4.69) is 469 Å². The summed E-state index contributed by atoms with van der Waals surface area (Å²) in [6, 6.07) is 169. The van der Waals surface area contributed by atoms with Crippen molar-refractivity contribution in [2.24, 2.45) is 0 Å². The first-order valence-corrected chi connectivity index (χ1v) is 44.4. The van der Waals surface area contributed by atoms with Gasteiger partial charge >= 0.3 is 0 Å². The highest BCUT2D eigenvalue weighted by Gasteiger charge is 2.56. The van der Waals surface area contributed by atoms with Crippen LogP contribution >= 0.6 is 22.7 Å². The lowest BCUT2D eigenvalue weighted by atomic mass is 9.70. The number of rotatable bonds is 13. The Hall–Kier alpha value is -15.4. The van der Waals surface area contributed by atoms with Crippen LogP contribution in [0, 0.1) is 0 Å². The molecule has 0 saturated heterocycles. The molecule has 0 saturated carbocycles. The second-order valence-corrected chi connectivity index (χ2v) is 35.4. The first-order chi connectivity index (χ1) is 61.5. The van der Waals surface area contributed by atoms with E-state index in [1.54, 1.807) is 0 Å². The Morgan fingerprint density at radius 2 is 0.532 bits per heavy atom. The largest absolute Gasteiger partial charge is 0.310 e. The van der Waals surface area contributed by atoms with Gasteiger partial charge in [-0.1, -0.05) is 303 Å². The summed E-state index contributed by atoms with van der Waals surface area (Å²) < 4.78 is 2.55.